The molecule has 2 atom stereocenters. The third kappa shape index (κ3) is 4.28. The van der Waals surface area contributed by atoms with Crippen LogP contribution in [0.25, 0.3) is 0 Å². The maximum Gasteiger partial charge on any atom is 0.254 e. The fourth-order valence-corrected chi connectivity index (χ4v) is 3.34. The Morgan fingerprint density at radius 3 is 2.63 bits per heavy atom. The van der Waals surface area contributed by atoms with Crippen molar-refractivity contribution in [2.45, 2.75) is 32.7 Å². The number of methoxy groups -OCH3 is 1. The van der Waals surface area contributed by atoms with Crippen molar-refractivity contribution >= 4 is 5.91 Å². The molecule has 2 aromatic rings. The first-order valence-corrected chi connectivity index (χ1v) is 8.87. The van der Waals surface area contributed by atoms with Crippen LogP contribution in [0, 0.1) is 19.7 Å². The van der Waals surface area contributed by atoms with E-state index in [0.717, 1.165) is 11.1 Å². The van der Waals surface area contributed by atoms with Crippen LogP contribution in [0.5, 0.6) is 5.75 Å². The Kier molecular flexibility index (Phi) is 5.77. The van der Waals surface area contributed by atoms with Crippen molar-refractivity contribution in [3.05, 3.63) is 64.5 Å². The number of nitrogens with zero attached hydrogens (tertiary/aromatic N) is 1. The van der Waals surface area contributed by atoms with Crippen molar-refractivity contribution in [1.82, 2.24) is 4.90 Å². The third-order valence-electron chi connectivity index (χ3n) is 4.83. The summed E-state index contributed by atoms with van der Waals surface area (Å²) >= 11 is 0. The summed E-state index contributed by atoms with van der Waals surface area (Å²) in [7, 11) is 1.57. The van der Waals surface area contributed by atoms with Crippen molar-refractivity contribution in [1.29, 1.82) is 0 Å². The first-order chi connectivity index (χ1) is 12.9. The van der Waals surface area contributed by atoms with Gasteiger partial charge in [-0.1, -0.05) is 17.7 Å². The molecule has 2 aromatic carbocycles. The standard InChI is InChI=1S/C21H24FNO4/c1-13-4-5-14(2)18(6-13)21(25)23-10-19(26-3)20(11-23)27-17-8-15(12-24)7-16(22)9-17/h4-9,19-20,24H,10-12H2,1-3H3/t19-,20-/m1/s1. The molecule has 1 N–H and O–H groups in total. The number of hydrogen-bond donors (Lipinski definition) is 1. The lowest BCUT2D eigenvalue weighted by molar-refractivity contribution is 0.0337. The van der Waals surface area contributed by atoms with Crippen LogP contribution in [0.4, 0.5) is 4.39 Å². The van der Waals surface area contributed by atoms with Gasteiger partial charge in [0.15, 0.2) is 0 Å². The SMILES string of the molecule is CO[C@@H]1CN(C(=O)c2cc(C)ccc2C)C[C@H]1Oc1cc(F)cc(CO)c1. The summed E-state index contributed by atoms with van der Waals surface area (Å²) in [5, 5.41) is 9.23. The Morgan fingerprint density at radius 1 is 1.19 bits per heavy atom. The molecule has 0 bridgehead atoms. The molecule has 6 heteroatoms. The first kappa shape index (κ1) is 19.3. The summed E-state index contributed by atoms with van der Waals surface area (Å²) in [4.78, 5) is 14.7. The number of benzene rings is 2. The summed E-state index contributed by atoms with van der Waals surface area (Å²) < 4.78 is 25.1. The molecule has 0 aliphatic carbocycles. The fraction of sp³-hybridized carbons (Fsp3) is 0.381. The van der Waals surface area contributed by atoms with E-state index in [1.807, 2.05) is 32.0 Å². The molecule has 0 aromatic heterocycles. The van der Waals surface area contributed by atoms with Crippen LogP contribution >= 0.6 is 0 Å². The summed E-state index contributed by atoms with van der Waals surface area (Å²) in [5.74, 6) is -0.237. The Labute approximate surface area is 158 Å². The minimum Gasteiger partial charge on any atom is -0.486 e. The van der Waals surface area contributed by atoms with Crippen LogP contribution in [0.2, 0.25) is 0 Å². The first-order valence-electron chi connectivity index (χ1n) is 8.87. The molecule has 1 fully saturated rings. The van der Waals surface area contributed by atoms with Crippen LogP contribution in [0.3, 0.4) is 0 Å². The number of halogens is 1. The van der Waals surface area contributed by atoms with E-state index in [-0.39, 0.29) is 18.6 Å². The lowest BCUT2D eigenvalue weighted by Gasteiger charge is -2.19. The minimum absolute atomic E-state index is 0.0698. The molecule has 1 aliphatic rings. The molecule has 0 spiro atoms. The second-order valence-electron chi connectivity index (χ2n) is 6.91. The number of hydrogen-bond acceptors (Lipinski definition) is 4. The van der Waals surface area contributed by atoms with Crippen LogP contribution in [0.1, 0.15) is 27.0 Å². The zero-order chi connectivity index (χ0) is 19.6. The molecule has 1 saturated heterocycles. The zero-order valence-electron chi connectivity index (χ0n) is 15.7. The number of rotatable bonds is 5. The van der Waals surface area contributed by atoms with Crippen molar-refractivity contribution in [3.63, 3.8) is 0 Å². The topological polar surface area (TPSA) is 59.0 Å². The van der Waals surface area contributed by atoms with Gasteiger partial charge in [0.25, 0.3) is 5.91 Å². The fourth-order valence-electron chi connectivity index (χ4n) is 3.34. The molecule has 144 valence electrons. The van der Waals surface area contributed by atoms with Crippen LogP contribution in [-0.4, -0.2) is 48.3 Å². The van der Waals surface area contributed by atoms with Gasteiger partial charge >= 0.3 is 0 Å². The number of aliphatic hydroxyl groups excluding tert-OH is 1. The zero-order valence-corrected chi connectivity index (χ0v) is 15.7. The highest BCUT2D eigenvalue weighted by Crippen LogP contribution is 2.25. The quantitative estimate of drug-likeness (QED) is 0.876. The van der Waals surface area contributed by atoms with Gasteiger partial charge in [-0.25, -0.2) is 4.39 Å². The van der Waals surface area contributed by atoms with E-state index >= 15 is 0 Å². The van der Waals surface area contributed by atoms with Crippen LogP contribution in [0.15, 0.2) is 36.4 Å². The molecule has 1 heterocycles. The average molecular weight is 373 g/mol. The molecular formula is C21H24FNO4. The van der Waals surface area contributed by atoms with E-state index in [2.05, 4.69) is 0 Å². The van der Waals surface area contributed by atoms with Gasteiger partial charge in [-0.15, -0.1) is 0 Å². The summed E-state index contributed by atoms with van der Waals surface area (Å²) in [6, 6.07) is 9.90. The van der Waals surface area contributed by atoms with Crippen LogP contribution < -0.4 is 4.74 Å². The molecule has 0 radical (unpaired) electrons. The maximum atomic E-state index is 13.7. The van der Waals surface area contributed by atoms with Crippen molar-refractivity contribution < 1.29 is 23.8 Å². The molecule has 1 aliphatic heterocycles. The highest BCUT2D eigenvalue weighted by Gasteiger charge is 2.37. The number of carbonyl (C=O) groups is 1. The van der Waals surface area contributed by atoms with Crippen molar-refractivity contribution in [2.24, 2.45) is 0 Å². The van der Waals surface area contributed by atoms with E-state index in [1.165, 1.54) is 12.1 Å². The second-order valence-corrected chi connectivity index (χ2v) is 6.91. The number of likely N-dealkylation sites (tertiary alicyclic amines) is 1. The molecule has 0 unspecified atom stereocenters. The van der Waals surface area contributed by atoms with Gasteiger partial charge in [-0.2, -0.15) is 0 Å². The molecule has 3 rings (SSSR count). The molecule has 5 nitrogen and oxygen atoms in total. The normalized spacial score (nSPS) is 19.4. The van der Waals surface area contributed by atoms with Gasteiger partial charge in [0.1, 0.15) is 23.8 Å². The maximum absolute atomic E-state index is 13.7. The Morgan fingerprint density at radius 2 is 1.93 bits per heavy atom. The van der Waals surface area contributed by atoms with Gasteiger partial charge in [0.2, 0.25) is 0 Å². The van der Waals surface area contributed by atoms with Gasteiger partial charge in [-0.3, -0.25) is 4.79 Å². The Hall–Kier alpha value is -2.44. The summed E-state index contributed by atoms with van der Waals surface area (Å²) in [6.07, 6.45) is -0.739. The van der Waals surface area contributed by atoms with E-state index in [9.17, 15) is 14.3 Å². The van der Waals surface area contributed by atoms with E-state index in [4.69, 9.17) is 9.47 Å². The number of aryl methyl sites for hydroxylation is 2. The number of ether oxygens (including phenoxy) is 2. The summed E-state index contributed by atoms with van der Waals surface area (Å²) in [6.45, 7) is 4.33. The molecule has 1 amide bonds. The van der Waals surface area contributed by atoms with E-state index in [1.54, 1.807) is 18.1 Å². The number of aliphatic hydroxyl groups is 1. The number of carbonyl (C=O) groups excluding carboxylic acids is 1. The average Bonchev–Trinajstić information content (AvgIpc) is 3.05. The minimum atomic E-state index is -0.480. The van der Waals surface area contributed by atoms with Gasteiger partial charge < -0.3 is 19.5 Å². The predicted octanol–water partition coefficient (Wildman–Crippen LogP) is 2.85. The lowest BCUT2D eigenvalue weighted by atomic mass is 10.0. The molecule has 27 heavy (non-hydrogen) atoms. The number of amides is 1. The second kappa shape index (κ2) is 8.06. The van der Waals surface area contributed by atoms with E-state index < -0.39 is 11.9 Å². The third-order valence-corrected chi connectivity index (χ3v) is 4.83. The molecule has 0 saturated carbocycles. The Bertz CT molecular complexity index is 839. The van der Waals surface area contributed by atoms with Gasteiger partial charge in [0.05, 0.1) is 19.7 Å². The lowest BCUT2D eigenvalue weighted by Crippen LogP contribution is -2.32. The predicted molar refractivity (Wildman–Crippen MR) is 99.4 cm³/mol. The van der Waals surface area contributed by atoms with Crippen molar-refractivity contribution in [3.8, 4) is 5.75 Å². The highest BCUT2D eigenvalue weighted by molar-refractivity contribution is 5.96. The van der Waals surface area contributed by atoms with Gasteiger partial charge in [-0.05, 0) is 43.2 Å². The molecular weight excluding hydrogens is 349 g/mol. The monoisotopic (exact) mass is 373 g/mol. The largest absolute Gasteiger partial charge is 0.486 e. The van der Waals surface area contributed by atoms with E-state index in [0.29, 0.717) is 30.0 Å². The van der Waals surface area contributed by atoms with Gasteiger partial charge in [0, 0.05) is 18.7 Å². The Balaban J connectivity index is 1.78. The van der Waals surface area contributed by atoms with Crippen LogP contribution in [-0.2, 0) is 11.3 Å². The smallest absolute Gasteiger partial charge is 0.254 e. The summed E-state index contributed by atoms with van der Waals surface area (Å²) in [5.41, 5.74) is 3.04. The highest BCUT2D eigenvalue weighted by atomic mass is 19.1. The van der Waals surface area contributed by atoms with Crippen molar-refractivity contribution in [2.75, 3.05) is 20.2 Å².